The van der Waals surface area contributed by atoms with Crippen LogP contribution in [0.4, 0.5) is 0 Å². The van der Waals surface area contributed by atoms with Gasteiger partial charge in [-0.25, -0.2) is 0 Å². The van der Waals surface area contributed by atoms with Crippen molar-refractivity contribution in [3.05, 3.63) is 23.7 Å². The van der Waals surface area contributed by atoms with Gasteiger partial charge in [0, 0.05) is 6.92 Å². The molecule has 54 valence electrons. The van der Waals surface area contributed by atoms with Gasteiger partial charge < -0.3 is 9.47 Å². The number of hydrogen-bond donors (Lipinski definition) is 0. The number of ether oxygens (including phenoxy) is 2. The molecule has 0 aromatic rings. The molecule has 0 saturated carbocycles. The summed E-state index contributed by atoms with van der Waals surface area (Å²) in [6.45, 7) is 1.90. The average Bonchev–Trinajstić information content (AvgIpc) is 2.27. The third kappa shape index (κ3) is 0.801. The lowest BCUT2D eigenvalue weighted by molar-refractivity contribution is -0.000489. The summed E-state index contributed by atoms with van der Waals surface area (Å²) in [5, 5.41) is 0. The van der Waals surface area contributed by atoms with Crippen LogP contribution in [0.2, 0.25) is 0 Å². The van der Waals surface area contributed by atoms with Crippen LogP contribution in [0.15, 0.2) is 23.7 Å². The van der Waals surface area contributed by atoms with E-state index in [1.54, 1.807) is 0 Å². The molecule has 0 N–H and O–H groups in total. The SMILES string of the molecule is CC1OC2=CCCC=C2O1. The van der Waals surface area contributed by atoms with Crippen molar-refractivity contribution in [1.29, 1.82) is 0 Å². The minimum atomic E-state index is -0.0874. The lowest BCUT2D eigenvalue weighted by Crippen LogP contribution is -1.97. The van der Waals surface area contributed by atoms with Crippen molar-refractivity contribution in [3.8, 4) is 0 Å². The van der Waals surface area contributed by atoms with Gasteiger partial charge in [-0.05, 0) is 25.0 Å². The second kappa shape index (κ2) is 2.04. The highest BCUT2D eigenvalue weighted by Crippen LogP contribution is 2.29. The fraction of sp³-hybridized carbons (Fsp3) is 0.500. The van der Waals surface area contributed by atoms with E-state index in [1.165, 1.54) is 0 Å². The Balaban J connectivity index is 2.25. The van der Waals surface area contributed by atoms with E-state index in [0.29, 0.717) is 0 Å². The van der Waals surface area contributed by atoms with Gasteiger partial charge in [0.2, 0.25) is 6.29 Å². The fourth-order valence-corrected chi connectivity index (χ4v) is 1.22. The molecule has 0 aromatic heterocycles. The molecule has 1 aliphatic heterocycles. The van der Waals surface area contributed by atoms with E-state index >= 15 is 0 Å². The number of allylic oxidation sites excluding steroid dienone is 2. The molecule has 0 atom stereocenters. The van der Waals surface area contributed by atoms with Crippen LogP contribution in [0.1, 0.15) is 19.8 Å². The second-order valence-electron chi connectivity index (χ2n) is 2.52. The molecule has 10 heavy (non-hydrogen) atoms. The van der Waals surface area contributed by atoms with Crippen molar-refractivity contribution in [2.24, 2.45) is 0 Å². The summed E-state index contributed by atoms with van der Waals surface area (Å²) < 4.78 is 10.7. The number of rotatable bonds is 0. The molecule has 0 unspecified atom stereocenters. The van der Waals surface area contributed by atoms with Gasteiger partial charge in [0.1, 0.15) is 0 Å². The summed E-state index contributed by atoms with van der Waals surface area (Å²) in [7, 11) is 0. The second-order valence-corrected chi connectivity index (χ2v) is 2.52. The van der Waals surface area contributed by atoms with Gasteiger partial charge in [0.05, 0.1) is 0 Å². The normalized spacial score (nSPS) is 24.1. The highest BCUT2D eigenvalue weighted by molar-refractivity contribution is 5.26. The zero-order chi connectivity index (χ0) is 6.97. The summed E-state index contributed by atoms with van der Waals surface area (Å²) >= 11 is 0. The van der Waals surface area contributed by atoms with E-state index in [2.05, 4.69) is 12.2 Å². The lowest BCUT2D eigenvalue weighted by atomic mass is 10.1. The molecule has 2 aliphatic rings. The first kappa shape index (κ1) is 5.83. The zero-order valence-electron chi connectivity index (χ0n) is 5.96. The maximum absolute atomic E-state index is 5.34. The summed E-state index contributed by atoms with van der Waals surface area (Å²) in [6.07, 6.45) is 6.23. The minimum Gasteiger partial charge on any atom is -0.452 e. The largest absolute Gasteiger partial charge is 0.452 e. The van der Waals surface area contributed by atoms with Gasteiger partial charge >= 0.3 is 0 Å². The summed E-state index contributed by atoms with van der Waals surface area (Å²) in [6, 6.07) is 0. The number of hydrogen-bond acceptors (Lipinski definition) is 2. The van der Waals surface area contributed by atoms with Crippen molar-refractivity contribution in [2.75, 3.05) is 0 Å². The molecule has 2 nitrogen and oxygen atoms in total. The quantitative estimate of drug-likeness (QED) is 0.509. The van der Waals surface area contributed by atoms with Crippen LogP contribution < -0.4 is 0 Å². The minimum absolute atomic E-state index is 0.0874. The first-order chi connectivity index (χ1) is 4.86. The molecule has 1 heterocycles. The maximum Gasteiger partial charge on any atom is 0.238 e. The van der Waals surface area contributed by atoms with Crippen LogP contribution in [-0.4, -0.2) is 6.29 Å². The van der Waals surface area contributed by atoms with Crippen LogP contribution in [0, 0.1) is 0 Å². The highest BCUT2D eigenvalue weighted by Gasteiger charge is 2.23. The number of fused-ring (bicyclic) bond motifs is 1. The van der Waals surface area contributed by atoms with Gasteiger partial charge in [-0.15, -0.1) is 0 Å². The summed E-state index contributed by atoms with van der Waals surface area (Å²) in [5.74, 6) is 1.86. The Morgan fingerprint density at radius 3 is 2.20 bits per heavy atom. The lowest BCUT2D eigenvalue weighted by Gasteiger charge is -2.01. The molecule has 1 aliphatic carbocycles. The third-order valence-electron chi connectivity index (χ3n) is 1.65. The van der Waals surface area contributed by atoms with Gasteiger partial charge in [-0.2, -0.15) is 0 Å². The average molecular weight is 138 g/mol. The fourth-order valence-electron chi connectivity index (χ4n) is 1.22. The Morgan fingerprint density at radius 2 is 1.70 bits per heavy atom. The molecule has 0 bridgehead atoms. The summed E-state index contributed by atoms with van der Waals surface area (Å²) in [4.78, 5) is 0. The highest BCUT2D eigenvalue weighted by atomic mass is 16.7. The van der Waals surface area contributed by atoms with Crippen LogP contribution >= 0.6 is 0 Å². The monoisotopic (exact) mass is 138 g/mol. The van der Waals surface area contributed by atoms with E-state index in [4.69, 9.17) is 9.47 Å². The zero-order valence-corrected chi connectivity index (χ0v) is 5.96. The molecule has 0 amide bonds. The van der Waals surface area contributed by atoms with E-state index in [1.807, 2.05) is 6.92 Å². The molecule has 1 saturated heterocycles. The summed E-state index contributed by atoms with van der Waals surface area (Å²) in [5.41, 5.74) is 0. The van der Waals surface area contributed by atoms with E-state index in [-0.39, 0.29) is 6.29 Å². The van der Waals surface area contributed by atoms with Crippen molar-refractivity contribution in [3.63, 3.8) is 0 Å². The van der Waals surface area contributed by atoms with Crippen LogP contribution in [0.3, 0.4) is 0 Å². The molecule has 0 spiro atoms. The Labute approximate surface area is 60.1 Å². The van der Waals surface area contributed by atoms with Crippen LogP contribution in [0.5, 0.6) is 0 Å². The Kier molecular flexibility index (Phi) is 1.19. The predicted molar refractivity (Wildman–Crippen MR) is 37.0 cm³/mol. The maximum atomic E-state index is 5.34. The van der Waals surface area contributed by atoms with Crippen LogP contribution in [0.25, 0.3) is 0 Å². The van der Waals surface area contributed by atoms with Crippen molar-refractivity contribution in [2.45, 2.75) is 26.1 Å². The molecule has 2 heteroatoms. The molecular formula is C8H10O2. The van der Waals surface area contributed by atoms with Gasteiger partial charge in [0.15, 0.2) is 11.5 Å². The van der Waals surface area contributed by atoms with E-state index in [0.717, 1.165) is 24.4 Å². The predicted octanol–water partition coefficient (Wildman–Crippen LogP) is 1.94. The standard InChI is InChI=1S/C8H10O2/c1-6-9-7-4-2-3-5-8(7)10-6/h4-6H,2-3H2,1H3. The topological polar surface area (TPSA) is 18.5 Å². The van der Waals surface area contributed by atoms with Gasteiger partial charge in [-0.3, -0.25) is 0 Å². The van der Waals surface area contributed by atoms with Crippen molar-refractivity contribution < 1.29 is 9.47 Å². The van der Waals surface area contributed by atoms with Crippen LogP contribution in [-0.2, 0) is 9.47 Å². The first-order valence-corrected chi connectivity index (χ1v) is 3.60. The molecule has 0 radical (unpaired) electrons. The Morgan fingerprint density at radius 1 is 1.20 bits per heavy atom. The molecule has 0 aromatic carbocycles. The van der Waals surface area contributed by atoms with Crippen molar-refractivity contribution in [1.82, 2.24) is 0 Å². The molecular weight excluding hydrogens is 128 g/mol. The molecule has 1 fully saturated rings. The first-order valence-electron chi connectivity index (χ1n) is 3.60. The van der Waals surface area contributed by atoms with Gasteiger partial charge in [-0.1, -0.05) is 0 Å². The third-order valence-corrected chi connectivity index (χ3v) is 1.65. The Bertz CT molecular complexity index is 181. The molecule has 2 rings (SSSR count). The van der Waals surface area contributed by atoms with Gasteiger partial charge in [0.25, 0.3) is 0 Å². The van der Waals surface area contributed by atoms with E-state index < -0.39 is 0 Å². The Hall–Kier alpha value is -0.920. The smallest absolute Gasteiger partial charge is 0.238 e. The van der Waals surface area contributed by atoms with E-state index in [9.17, 15) is 0 Å². The van der Waals surface area contributed by atoms with Crippen molar-refractivity contribution >= 4 is 0 Å².